The summed E-state index contributed by atoms with van der Waals surface area (Å²) in [6, 6.07) is 0. The van der Waals surface area contributed by atoms with Gasteiger partial charge in [0.15, 0.2) is 24.8 Å². The molecule has 115 heavy (non-hydrogen) atoms. The number of carbonyl (C=O) groups is 4. The van der Waals surface area contributed by atoms with E-state index in [1.807, 2.05) is 0 Å². The first-order chi connectivity index (χ1) is 55.7. The van der Waals surface area contributed by atoms with Crippen molar-refractivity contribution >= 4 is 31.7 Å². The van der Waals surface area contributed by atoms with Crippen molar-refractivity contribution in [1.82, 2.24) is 0 Å². The molecule has 18 unspecified atom stereocenters. The molecule has 18 atom stereocenters. The molecule has 0 bridgehead atoms. The Morgan fingerprint density at radius 1 is 0.339 bits per heavy atom. The number of allylic oxidation sites excluding steroid dienone is 2. The van der Waals surface area contributed by atoms with Crippen molar-refractivity contribution in [3.63, 3.8) is 0 Å². The molecule has 676 valence electrons. The molecule has 0 radical (unpaired) electrons. The van der Waals surface area contributed by atoms with Crippen LogP contribution >= 0.6 is 7.82 Å². The summed E-state index contributed by atoms with van der Waals surface area (Å²) in [7, 11) is -5.80. The number of rotatable bonds is 75. The molecular formula is C89H165O25P. The minimum atomic E-state index is -5.80. The third kappa shape index (κ3) is 49.2. The zero-order chi connectivity index (χ0) is 84.0. The summed E-state index contributed by atoms with van der Waals surface area (Å²) in [6.45, 7) is 5.59. The van der Waals surface area contributed by atoms with E-state index in [2.05, 4.69) is 39.8 Å². The Bertz CT molecular complexity index is 2440. The maximum Gasteiger partial charge on any atom is 0.472 e. The van der Waals surface area contributed by atoms with Crippen LogP contribution in [0, 0.1) is 0 Å². The molecule has 0 spiro atoms. The van der Waals surface area contributed by atoms with Crippen LogP contribution in [0.25, 0.3) is 0 Å². The summed E-state index contributed by atoms with van der Waals surface area (Å²) < 4.78 is 73.4. The van der Waals surface area contributed by atoms with Gasteiger partial charge in [0.1, 0.15) is 92.6 Å². The lowest BCUT2D eigenvalue weighted by atomic mass is 9.84. The number of hydrogen-bond donors (Lipinski definition) is 10. The van der Waals surface area contributed by atoms with E-state index in [0.29, 0.717) is 32.1 Å². The SMILES string of the molecule is CCCCCC/C=C\CCCCCCCCCC(=O)OCC(COP(=O)(O)OC1C(OC2OC(CO)C(O)C(O)C2O)C(O)C(O)C(OC(=O)CCCCCCCCCCCCCCC)C1OC1OC(COC(=O)CCCCCCCCCCCCCCCCC)C(O)C(O)C1O)OC(=O)CCCCCCCCCCCCCCC. The van der Waals surface area contributed by atoms with Gasteiger partial charge in [-0.15, -0.1) is 0 Å². The number of aliphatic hydroxyl groups is 9. The molecule has 0 aromatic rings. The van der Waals surface area contributed by atoms with Gasteiger partial charge in [-0.3, -0.25) is 28.2 Å². The van der Waals surface area contributed by atoms with Gasteiger partial charge >= 0.3 is 31.7 Å². The third-order valence-corrected chi connectivity index (χ3v) is 23.8. The summed E-state index contributed by atoms with van der Waals surface area (Å²) in [6.07, 6.45) is 26.4. The van der Waals surface area contributed by atoms with Crippen LogP contribution in [0.4, 0.5) is 0 Å². The molecule has 10 N–H and O–H groups in total. The number of unbranched alkanes of at least 4 members (excludes halogenated alkanes) is 49. The van der Waals surface area contributed by atoms with Gasteiger partial charge in [0, 0.05) is 25.7 Å². The van der Waals surface area contributed by atoms with Crippen LogP contribution in [-0.2, 0) is 70.7 Å². The zero-order valence-corrected chi connectivity index (χ0v) is 72.7. The molecule has 0 aromatic carbocycles. The molecule has 3 rings (SSSR count). The molecule has 2 aliphatic heterocycles. The van der Waals surface area contributed by atoms with Crippen LogP contribution in [-0.4, -0.2) is 205 Å². The van der Waals surface area contributed by atoms with E-state index >= 15 is 0 Å². The molecule has 1 aliphatic carbocycles. The Balaban J connectivity index is 1.91. The van der Waals surface area contributed by atoms with Crippen LogP contribution in [0.5, 0.6) is 0 Å². The Labute approximate surface area is 692 Å². The molecule has 25 nitrogen and oxygen atoms in total. The first-order valence-corrected chi connectivity index (χ1v) is 47.9. The van der Waals surface area contributed by atoms with Crippen molar-refractivity contribution in [2.75, 3.05) is 26.4 Å². The molecule has 26 heteroatoms. The molecular weight excluding hydrogens is 1500 g/mol. The van der Waals surface area contributed by atoms with Gasteiger partial charge in [0.2, 0.25) is 0 Å². The molecule has 3 fully saturated rings. The number of esters is 4. The summed E-state index contributed by atoms with van der Waals surface area (Å²) in [5.74, 6) is -2.96. The number of hydrogen-bond acceptors (Lipinski definition) is 24. The average molecular weight is 1670 g/mol. The summed E-state index contributed by atoms with van der Waals surface area (Å²) in [4.78, 5) is 66.4. The maximum atomic E-state index is 14.9. The highest BCUT2D eigenvalue weighted by atomic mass is 31.2. The highest BCUT2D eigenvalue weighted by Crippen LogP contribution is 2.49. The standard InChI is InChI=1S/C89H165O25P/c1-5-9-13-17-21-25-29-33-35-39-41-45-49-53-57-61-72(91)105-66-69(108-74(93)63-59-55-51-47-43-37-31-27-23-19-15-11-7-3)67-107-115(103,104)114-87-85(112-88-82(101)78(97)76(95)70(65-90)109-88)81(100)80(99)84(111-75(94)64-60-56-52-48-44-38-32-28-24-20-16-12-8-4)86(87)113-89-83(102)79(98)77(96)71(110-89)68-106-73(92)62-58-54-50-46-42-40-36-34-30-26-22-18-14-10-6-2/h25,29,69-71,76-90,95-102H,5-24,26-28,30-68H2,1-4H3,(H,103,104)/b29-25-. The second-order valence-electron chi connectivity index (χ2n) is 33.2. The Morgan fingerprint density at radius 3 is 1.04 bits per heavy atom. The number of ether oxygens (including phenoxy) is 8. The maximum absolute atomic E-state index is 14.9. The Morgan fingerprint density at radius 2 is 0.652 bits per heavy atom. The summed E-state index contributed by atoms with van der Waals surface area (Å²) >= 11 is 0. The first kappa shape index (κ1) is 106. The van der Waals surface area contributed by atoms with E-state index in [1.165, 1.54) is 167 Å². The monoisotopic (exact) mass is 1670 g/mol. The van der Waals surface area contributed by atoms with Crippen molar-refractivity contribution in [3.8, 4) is 0 Å². The van der Waals surface area contributed by atoms with E-state index < -0.39 is 162 Å². The molecule has 0 amide bonds. The van der Waals surface area contributed by atoms with Crippen molar-refractivity contribution in [3.05, 3.63) is 12.2 Å². The van der Waals surface area contributed by atoms with Gasteiger partial charge in [0.25, 0.3) is 0 Å². The lowest BCUT2D eigenvalue weighted by molar-refractivity contribution is -0.360. The largest absolute Gasteiger partial charge is 0.472 e. The third-order valence-electron chi connectivity index (χ3n) is 22.8. The molecule has 0 aromatic heterocycles. The number of carbonyl (C=O) groups excluding carboxylic acids is 4. The predicted octanol–water partition coefficient (Wildman–Crippen LogP) is 16.8. The van der Waals surface area contributed by atoms with Gasteiger partial charge in [-0.1, -0.05) is 335 Å². The fourth-order valence-electron chi connectivity index (χ4n) is 15.4. The lowest BCUT2D eigenvalue weighted by Crippen LogP contribution is -2.70. The fourth-order valence-corrected chi connectivity index (χ4v) is 16.3. The van der Waals surface area contributed by atoms with E-state index in [9.17, 15) is 74.6 Å². The van der Waals surface area contributed by atoms with Gasteiger partial charge in [0.05, 0.1) is 13.2 Å². The highest BCUT2D eigenvalue weighted by Gasteiger charge is 2.60. The van der Waals surface area contributed by atoms with Crippen molar-refractivity contribution in [2.45, 2.75) is 504 Å². The van der Waals surface area contributed by atoms with Crippen LogP contribution < -0.4 is 0 Å². The lowest BCUT2D eigenvalue weighted by Gasteiger charge is -2.50. The van der Waals surface area contributed by atoms with E-state index in [-0.39, 0.29) is 25.7 Å². The van der Waals surface area contributed by atoms with Gasteiger partial charge in [-0.2, -0.15) is 0 Å². The smallest absolute Gasteiger partial charge is 0.463 e. The second-order valence-corrected chi connectivity index (χ2v) is 34.6. The highest BCUT2D eigenvalue weighted by molar-refractivity contribution is 7.47. The number of aliphatic hydroxyl groups excluding tert-OH is 9. The number of phosphoric ester groups is 1. The summed E-state index contributed by atoms with van der Waals surface area (Å²) in [5, 5.41) is 102. The van der Waals surface area contributed by atoms with E-state index in [1.54, 1.807) is 0 Å². The Hall–Kier alpha value is -2.79. The van der Waals surface area contributed by atoms with Gasteiger partial charge < -0.3 is 88.7 Å². The van der Waals surface area contributed by atoms with Crippen LogP contribution in [0.2, 0.25) is 0 Å². The summed E-state index contributed by atoms with van der Waals surface area (Å²) in [5.41, 5.74) is 0. The quantitative estimate of drug-likeness (QED) is 0.00889. The molecule has 1 saturated carbocycles. The Kier molecular flexibility index (Phi) is 63.6. The fraction of sp³-hybridized carbons (Fsp3) is 0.933. The average Bonchev–Trinajstić information content (AvgIpc) is 0.755. The number of phosphoric acid groups is 1. The molecule has 2 saturated heterocycles. The second kappa shape index (κ2) is 68.7. The predicted molar refractivity (Wildman–Crippen MR) is 444 cm³/mol. The molecule has 2 heterocycles. The minimum absolute atomic E-state index is 0.0190. The first-order valence-electron chi connectivity index (χ1n) is 46.4. The minimum Gasteiger partial charge on any atom is -0.463 e. The van der Waals surface area contributed by atoms with Crippen LogP contribution in [0.3, 0.4) is 0 Å². The van der Waals surface area contributed by atoms with Gasteiger partial charge in [-0.05, 0) is 51.4 Å². The van der Waals surface area contributed by atoms with Crippen molar-refractivity contribution < 1.29 is 122 Å². The van der Waals surface area contributed by atoms with E-state index in [4.69, 9.17) is 46.9 Å². The van der Waals surface area contributed by atoms with Crippen LogP contribution in [0.15, 0.2) is 12.2 Å². The van der Waals surface area contributed by atoms with Gasteiger partial charge in [-0.25, -0.2) is 4.57 Å². The van der Waals surface area contributed by atoms with Crippen molar-refractivity contribution in [2.24, 2.45) is 0 Å². The van der Waals surface area contributed by atoms with Crippen molar-refractivity contribution in [1.29, 1.82) is 0 Å². The van der Waals surface area contributed by atoms with Crippen LogP contribution in [0.1, 0.15) is 400 Å². The topological polar surface area (TPSA) is 380 Å². The normalized spacial score (nSPS) is 25.3. The molecule has 3 aliphatic rings. The zero-order valence-electron chi connectivity index (χ0n) is 71.9. The van der Waals surface area contributed by atoms with E-state index in [0.717, 1.165) is 148 Å².